The van der Waals surface area contributed by atoms with Crippen LogP contribution in [-0.2, 0) is 11.2 Å². The summed E-state index contributed by atoms with van der Waals surface area (Å²) >= 11 is 5.86. The minimum atomic E-state index is -4.43. The van der Waals surface area contributed by atoms with Crippen molar-refractivity contribution in [3.8, 4) is 17.2 Å². The molecule has 5 nitrogen and oxygen atoms in total. The van der Waals surface area contributed by atoms with Gasteiger partial charge < -0.3 is 19.5 Å². The molecule has 0 radical (unpaired) electrons. The predicted octanol–water partition coefficient (Wildman–Crippen LogP) is 4.42. The number of carbonyl (C=O) groups is 1. The number of nitrogens with one attached hydrogen (secondary N) is 1. The molecule has 9 heteroatoms. The van der Waals surface area contributed by atoms with Gasteiger partial charge in [0, 0.05) is 11.4 Å². The van der Waals surface area contributed by atoms with E-state index < -0.39 is 12.8 Å². The lowest BCUT2D eigenvalue weighted by atomic mass is 10.1. The lowest BCUT2D eigenvalue weighted by Gasteiger charge is -2.13. The Kier molecular flexibility index (Phi) is 8.45. The van der Waals surface area contributed by atoms with Crippen LogP contribution in [0.4, 0.5) is 13.2 Å². The van der Waals surface area contributed by atoms with E-state index in [0.717, 1.165) is 5.56 Å². The molecule has 0 aliphatic rings. The van der Waals surface area contributed by atoms with E-state index in [1.807, 2.05) is 0 Å². The Morgan fingerprint density at radius 1 is 1.10 bits per heavy atom. The van der Waals surface area contributed by atoms with Crippen LogP contribution in [0.2, 0.25) is 5.02 Å². The van der Waals surface area contributed by atoms with Crippen molar-refractivity contribution in [2.24, 2.45) is 0 Å². The summed E-state index contributed by atoms with van der Waals surface area (Å²) in [6.45, 7) is -0.771. The van der Waals surface area contributed by atoms with E-state index >= 15 is 0 Å². The predicted molar refractivity (Wildman–Crippen MR) is 103 cm³/mol. The van der Waals surface area contributed by atoms with Gasteiger partial charge in [0.2, 0.25) is 5.91 Å². The van der Waals surface area contributed by atoms with Crippen molar-refractivity contribution >= 4 is 17.5 Å². The summed E-state index contributed by atoms with van der Waals surface area (Å²) in [5.74, 6) is 0.626. The zero-order valence-electron chi connectivity index (χ0n) is 15.7. The summed E-state index contributed by atoms with van der Waals surface area (Å²) in [6.07, 6.45) is -3.82. The molecule has 0 aliphatic heterocycles. The molecule has 2 aromatic rings. The van der Waals surface area contributed by atoms with Crippen molar-refractivity contribution in [2.45, 2.75) is 19.0 Å². The number of halogens is 4. The van der Waals surface area contributed by atoms with Gasteiger partial charge in [0.15, 0.2) is 18.1 Å². The fourth-order valence-corrected chi connectivity index (χ4v) is 2.59. The Balaban J connectivity index is 1.74. The van der Waals surface area contributed by atoms with Gasteiger partial charge in [-0.2, -0.15) is 13.2 Å². The van der Waals surface area contributed by atoms with E-state index in [1.165, 1.54) is 13.2 Å². The molecular formula is C20H21ClF3NO4. The van der Waals surface area contributed by atoms with Gasteiger partial charge in [-0.1, -0.05) is 23.7 Å². The normalized spacial score (nSPS) is 11.1. The number of benzene rings is 2. The van der Waals surface area contributed by atoms with E-state index in [4.69, 9.17) is 25.8 Å². The van der Waals surface area contributed by atoms with Gasteiger partial charge in [-0.05, 0) is 42.3 Å². The zero-order valence-corrected chi connectivity index (χ0v) is 16.5. The summed E-state index contributed by atoms with van der Waals surface area (Å²) in [5, 5.41) is 3.30. The van der Waals surface area contributed by atoms with E-state index in [9.17, 15) is 18.0 Å². The molecule has 0 atom stereocenters. The molecule has 158 valence electrons. The maximum absolute atomic E-state index is 12.3. The second-order valence-corrected chi connectivity index (χ2v) is 6.48. The number of hydrogen-bond donors (Lipinski definition) is 1. The molecule has 0 saturated carbocycles. The van der Waals surface area contributed by atoms with Crippen molar-refractivity contribution in [2.75, 3.05) is 26.9 Å². The van der Waals surface area contributed by atoms with Crippen LogP contribution in [0.3, 0.4) is 0 Å². The highest BCUT2D eigenvalue weighted by Gasteiger charge is 2.29. The number of ether oxygens (including phenoxy) is 3. The first-order valence-electron chi connectivity index (χ1n) is 8.78. The molecule has 0 unspecified atom stereocenters. The molecule has 0 bridgehead atoms. The van der Waals surface area contributed by atoms with Crippen LogP contribution < -0.4 is 19.5 Å². The van der Waals surface area contributed by atoms with Crippen molar-refractivity contribution in [1.82, 2.24) is 5.32 Å². The quantitative estimate of drug-likeness (QED) is 0.566. The third-order valence-electron chi connectivity index (χ3n) is 3.75. The topological polar surface area (TPSA) is 56.8 Å². The average Bonchev–Trinajstić information content (AvgIpc) is 2.67. The zero-order chi connectivity index (χ0) is 21.3. The van der Waals surface area contributed by atoms with Gasteiger partial charge in [-0.15, -0.1) is 0 Å². The molecule has 0 spiro atoms. The summed E-state index contributed by atoms with van der Waals surface area (Å²) in [5.41, 5.74) is 0.742. The third kappa shape index (κ3) is 8.51. The van der Waals surface area contributed by atoms with E-state index in [2.05, 4.69) is 5.32 Å². The maximum Gasteiger partial charge on any atom is 0.422 e. The van der Waals surface area contributed by atoms with Crippen molar-refractivity contribution in [3.05, 3.63) is 53.1 Å². The number of carbonyl (C=O) groups excluding carboxylic acids is 1. The second kappa shape index (κ2) is 10.8. The molecule has 0 fully saturated rings. The van der Waals surface area contributed by atoms with Crippen molar-refractivity contribution in [1.29, 1.82) is 0 Å². The van der Waals surface area contributed by atoms with Gasteiger partial charge in [0.1, 0.15) is 12.4 Å². The molecule has 0 aliphatic carbocycles. The van der Waals surface area contributed by atoms with Gasteiger partial charge in [-0.3, -0.25) is 4.79 Å². The third-order valence-corrected chi connectivity index (χ3v) is 3.98. The van der Waals surface area contributed by atoms with Gasteiger partial charge in [0.25, 0.3) is 0 Å². The summed E-state index contributed by atoms with van der Waals surface area (Å²) in [4.78, 5) is 11.9. The molecule has 2 rings (SSSR count). The first-order chi connectivity index (χ1) is 13.8. The smallest absolute Gasteiger partial charge is 0.422 e. The number of rotatable bonds is 10. The molecule has 0 aromatic heterocycles. The first-order valence-corrected chi connectivity index (χ1v) is 9.16. The molecular weight excluding hydrogens is 411 g/mol. The first kappa shape index (κ1) is 22.7. The molecule has 0 heterocycles. The molecule has 2 aromatic carbocycles. The van der Waals surface area contributed by atoms with Crippen molar-refractivity contribution in [3.63, 3.8) is 0 Å². The second-order valence-electron chi connectivity index (χ2n) is 6.04. The Hall–Kier alpha value is -2.61. The Labute approximate surface area is 171 Å². The molecule has 1 amide bonds. The van der Waals surface area contributed by atoms with Gasteiger partial charge in [-0.25, -0.2) is 0 Å². The summed E-state index contributed by atoms with van der Waals surface area (Å²) < 4.78 is 52.1. The van der Waals surface area contributed by atoms with Crippen LogP contribution in [0.1, 0.15) is 12.0 Å². The van der Waals surface area contributed by atoms with Crippen LogP contribution in [-0.4, -0.2) is 39.0 Å². The Morgan fingerprint density at radius 3 is 2.59 bits per heavy atom. The number of methoxy groups -OCH3 is 1. The minimum absolute atomic E-state index is 0.00353. The molecule has 0 saturated heterocycles. The highest BCUT2D eigenvalue weighted by molar-refractivity contribution is 6.30. The standard InChI is InChI=1S/C20H21ClF3NO4/c1-27-18-11-14(5-7-17(18)29-13-20(22,23)24)6-8-19(26)25-9-10-28-16-4-2-3-15(21)12-16/h2-5,7,11-12H,6,8-10,13H2,1H3,(H,25,26). The summed E-state index contributed by atoms with van der Waals surface area (Å²) in [7, 11) is 1.34. The maximum atomic E-state index is 12.3. The number of hydrogen-bond acceptors (Lipinski definition) is 4. The van der Waals surface area contributed by atoms with Crippen LogP contribution in [0.15, 0.2) is 42.5 Å². The fraction of sp³-hybridized carbons (Fsp3) is 0.350. The highest BCUT2D eigenvalue weighted by atomic mass is 35.5. The SMILES string of the molecule is COc1cc(CCC(=O)NCCOc2cccc(Cl)c2)ccc1OCC(F)(F)F. The van der Waals surface area contributed by atoms with E-state index in [-0.39, 0.29) is 23.8 Å². The average molecular weight is 432 g/mol. The Morgan fingerprint density at radius 2 is 1.90 bits per heavy atom. The van der Waals surface area contributed by atoms with Crippen LogP contribution in [0.5, 0.6) is 17.2 Å². The minimum Gasteiger partial charge on any atom is -0.493 e. The Bertz CT molecular complexity index is 815. The van der Waals surface area contributed by atoms with E-state index in [0.29, 0.717) is 30.3 Å². The van der Waals surface area contributed by atoms with Crippen LogP contribution in [0, 0.1) is 0 Å². The number of amides is 1. The van der Waals surface area contributed by atoms with Gasteiger partial charge >= 0.3 is 6.18 Å². The van der Waals surface area contributed by atoms with Crippen LogP contribution in [0.25, 0.3) is 0 Å². The molecule has 1 N–H and O–H groups in total. The lowest BCUT2D eigenvalue weighted by Crippen LogP contribution is -2.28. The lowest BCUT2D eigenvalue weighted by molar-refractivity contribution is -0.153. The fourth-order valence-electron chi connectivity index (χ4n) is 2.41. The van der Waals surface area contributed by atoms with E-state index in [1.54, 1.807) is 36.4 Å². The molecule has 29 heavy (non-hydrogen) atoms. The van der Waals surface area contributed by atoms with Crippen molar-refractivity contribution < 1.29 is 32.2 Å². The summed E-state index contributed by atoms with van der Waals surface area (Å²) in [6, 6.07) is 11.5. The largest absolute Gasteiger partial charge is 0.493 e. The number of aryl methyl sites for hydroxylation is 1. The van der Waals surface area contributed by atoms with Crippen LogP contribution >= 0.6 is 11.6 Å². The monoisotopic (exact) mass is 431 g/mol. The highest BCUT2D eigenvalue weighted by Crippen LogP contribution is 2.30. The van der Waals surface area contributed by atoms with Gasteiger partial charge in [0.05, 0.1) is 13.7 Å². The number of alkyl halides is 3.